The number of carboxylic acid groups (broad SMARTS) is 1. The summed E-state index contributed by atoms with van der Waals surface area (Å²) in [6.45, 7) is 3.35. The number of aromatic nitrogens is 2. The molecule has 2 N–H and O–H groups in total. The minimum Gasteiger partial charge on any atom is -0.480 e. The molecular formula is C13H14FN3O3. The molecule has 7 heteroatoms. The lowest BCUT2D eigenvalue weighted by Crippen LogP contribution is -2.27. The van der Waals surface area contributed by atoms with E-state index in [1.54, 1.807) is 6.92 Å². The van der Waals surface area contributed by atoms with Crippen LogP contribution in [0.15, 0.2) is 16.9 Å². The Balaban J connectivity index is 2.72. The van der Waals surface area contributed by atoms with Crippen LogP contribution in [0.3, 0.4) is 0 Å². The number of hydrogen-bond acceptors (Lipinski definition) is 4. The average molecular weight is 279 g/mol. The number of fused-ring (bicyclic) bond motifs is 1. The Morgan fingerprint density at radius 2 is 2.20 bits per heavy atom. The summed E-state index contributed by atoms with van der Waals surface area (Å²) < 4.78 is 14.8. The number of carboxylic acids is 1. The number of hydrogen-bond donors (Lipinski definition) is 2. The summed E-state index contributed by atoms with van der Waals surface area (Å²) >= 11 is 0. The summed E-state index contributed by atoms with van der Waals surface area (Å²) in [5.74, 6) is -1.40. The molecule has 0 spiro atoms. The minimum atomic E-state index is -1.13. The molecule has 1 heterocycles. The molecule has 2 rings (SSSR count). The van der Waals surface area contributed by atoms with Gasteiger partial charge in [-0.05, 0) is 19.9 Å². The summed E-state index contributed by atoms with van der Waals surface area (Å²) in [4.78, 5) is 27.1. The molecule has 0 aliphatic rings. The van der Waals surface area contributed by atoms with Gasteiger partial charge in [-0.1, -0.05) is 0 Å². The largest absolute Gasteiger partial charge is 0.480 e. The maximum Gasteiger partial charge on any atom is 0.323 e. The Morgan fingerprint density at radius 3 is 2.80 bits per heavy atom. The number of rotatable bonds is 4. The van der Waals surface area contributed by atoms with Crippen molar-refractivity contribution < 1.29 is 14.3 Å². The van der Waals surface area contributed by atoms with E-state index >= 15 is 0 Å². The normalized spacial score (nSPS) is 10.8. The quantitative estimate of drug-likeness (QED) is 0.882. The third-order valence-corrected chi connectivity index (χ3v) is 2.89. The van der Waals surface area contributed by atoms with Gasteiger partial charge in [0.15, 0.2) is 0 Å². The number of benzene rings is 1. The topological polar surface area (TPSA) is 84.2 Å². The van der Waals surface area contributed by atoms with Crippen LogP contribution in [-0.4, -0.2) is 27.2 Å². The SMILES string of the molecule is CCNc1cc2c(=O)n(CC(=O)O)c(C)nc2cc1F. The molecule has 0 saturated carbocycles. The lowest BCUT2D eigenvalue weighted by Gasteiger charge is -2.10. The summed E-state index contributed by atoms with van der Waals surface area (Å²) in [7, 11) is 0. The smallest absolute Gasteiger partial charge is 0.323 e. The van der Waals surface area contributed by atoms with Gasteiger partial charge in [0.05, 0.1) is 16.6 Å². The Bertz CT molecular complexity index is 740. The highest BCUT2D eigenvalue weighted by Crippen LogP contribution is 2.19. The maximum atomic E-state index is 13.8. The molecule has 0 unspecified atom stereocenters. The van der Waals surface area contributed by atoms with Gasteiger partial charge in [-0.2, -0.15) is 0 Å². The van der Waals surface area contributed by atoms with Crippen molar-refractivity contribution in [1.29, 1.82) is 0 Å². The number of anilines is 1. The van der Waals surface area contributed by atoms with Gasteiger partial charge < -0.3 is 10.4 Å². The van der Waals surface area contributed by atoms with Crippen molar-refractivity contribution in [2.45, 2.75) is 20.4 Å². The molecule has 106 valence electrons. The van der Waals surface area contributed by atoms with E-state index in [0.717, 1.165) is 4.57 Å². The highest BCUT2D eigenvalue weighted by molar-refractivity contribution is 5.82. The second kappa shape index (κ2) is 5.28. The van der Waals surface area contributed by atoms with E-state index in [9.17, 15) is 14.0 Å². The summed E-state index contributed by atoms with van der Waals surface area (Å²) in [6, 6.07) is 2.54. The zero-order valence-corrected chi connectivity index (χ0v) is 11.1. The predicted octanol–water partition coefficient (Wildman–Crippen LogP) is 1.36. The van der Waals surface area contributed by atoms with Crippen LogP contribution in [0.1, 0.15) is 12.7 Å². The van der Waals surface area contributed by atoms with Crippen LogP contribution >= 0.6 is 0 Å². The van der Waals surface area contributed by atoms with Crippen molar-refractivity contribution in [1.82, 2.24) is 9.55 Å². The van der Waals surface area contributed by atoms with Crippen LogP contribution in [-0.2, 0) is 11.3 Å². The van der Waals surface area contributed by atoms with E-state index in [2.05, 4.69) is 10.3 Å². The first-order valence-corrected chi connectivity index (χ1v) is 6.10. The van der Waals surface area contributed by atoms with Crippen molar-refractivity contribution in [3.05, 3.63) is 34.1 Å². The molecule has 0 amide bonds. The standard InChI is InChI=1S/C13H14FN3O3/c1-3-15-11-4-8-10(5-9(11)14)16-7(2)17(13(8)20)6-12(18)19/h4-5,15H,3,6H2,1-2H3,(H,18,19). The molecule has 1 aromatic carbocycles. The molecule has 1 aromatic heterocycles. The van der Waals surface area contributed by atoms with Crippen molar-refractivity contribution in [2.24, 2.45) is 0 Å². The first kappa shape index (κ1) is 14.0. The molecule has 2 aromatic rings. The van der Waals surface area contributed by atoms with Crippen LogP contribution in [0, 0.1) is 12.7 Å². The maximum absolute atomic E-state index is 13.8. The zero-order chi connectivity index (χ0) is 14.9. The Kier molecular flexibility index (Phi) is 3.69. The lowest BCUT2D eigenvalue weighted by atomic mass is 10.2. The molecule has 0 bridgehead atoms. The third-order valence-electron chi connectivity index (χ3n) is 2.89. The summed E-state index contributed by atoms with van der Waals surface area (Å²) in [6.07, 6.45) is 0. The molecule has 20 heavy (non-hydrogen) atoms. The fourth-order valence-electron chi connectivity index (χ4n) is 2.00. The highest BCUT2D eigenvalue weighted by Gasteiger charge is 2.13. The molecule has 6 nitrogen and oxygen atoms in total. The first-order chi connectivity index (χ1) is 9.43. The van der Waals surface area contributed by atoms with E-state index in [-0.39, 0.29) is 22.4 Å². The molecule has 0 fully saturated rings. The zero-order valence-electron chi connectivity index (χ0n) is 11.1. The van der Waals surface area contributed by atoms with Crippen LogP contribution in [0.25, 0.3) is 10.9 Å². The molecule has 0 aliphatic carbocycles. The Labute approximate surface area is 113 Å². The van der Waals surface area contributed by atoms with Gasteiger partial charge in [-0.3, -0.25) is 14.2 Å². The average Bonchev–Trinajstić information content (AvgIpc) is 2.36. The fraction of sp³-hybridized carbons (Fsp3) is 0.308. The summed E-state index contributed by atoms with van der Waals surface area (Å²) in [5, 5.41) is 11.8. The number of aryl methyl sites for hydroxylation is 1. The number of halogens is 1. The van der Waals surface area contributed by atoms with Crippen LogP contribution in [0.4, 0.5) is 10.1 Å². The number of nitrogens with one attached hydrogen (secondary N) is 1. The van der Waals surface area contributed by atoms with Gasteiger partial charge in [-0.25, -0.2) is 9.37 Å². The Hall–Kier alpha value is -2.44. The van der Waals surface area contributed by atoms with E-state index in [1.807, 2.05) is 0 Å². The van der Waals surface area contributed by atoms with Crippen LogP contribution < -0.4 is 10.9 Å². The number of aliphatic carboxylic acids is 1. The van der Waals surface area contributed by atoms with Gasteiger partial charge in [0.1, 0.15) is 18.2 Å². The van der Waals surface area contributed by atoms with Crippen LogP contribution in [0.2, 0.25) is 0 Å². The van der Waals surface area contributed by atoms with E-state index < -0.39 is 23.9 Å². The molecular weight excluding hydrogens is 265 g/mol. The van der Waals surface area contributed by atoms with E-state index in [1.165, 1.54) is 19.1 Å². The molecule has 0 aliphatic heterocycles. The molecule has 0 atom stereocenters. The van der Waals surface area contributed by atoms with Gasteiger partial charge in [0.2, 0.25) is 0 Å². The molecule has 0 saturated heterocycles. The van der Waals surface area contributed by atoms with Gasteiger partial charge >= 0.3 is 5.97 Å². The summed E-state index contributed by atoms with van der Waals surface area (Å²) in [5.41, 5.74) is -0.0769. The third kappa shape index (κ3) is 2.47. The monoisotopic (exact) mass is 279 g/mol. The second-order valence-corrected chi connectivity index (χ2v) is 4.32. The van der Waals surface area contributed by atoms with Crippen LogP contribution in [0.5, 0.6) is 0 Å². The fourth-order valence-corrected chi connectivity index (χ4v) is 2.00. The lowest BCUT2D eigenvalue weighted by molar-refractivity contribution is -0.137. The minimum absolute atomic E-state index is 0.189. The highest BCUT2D eigenvalue weighted by atomic mass is 19.1. The molecule has 0 radical (unpaired) electrons. The first-order valence-electron chi connectivity index (χ1n) is 6.10. The van der Waals surface area contributed by atoms with Crippen molar-refractivity contribution in [3.63, 3.8) is 0 Å². The number of carbonyl (C=O) groups is 1. The Morgan fingerprint density at radius 1 is 1.50 bits per heavy atom. The van der Waals surface area contributed by atoms with Gasteiger partial charge in [0, 0.05) is 12.6 Å². The number of nitrogens with zero attached hydrogens (tertiary/aromatic N) is 2. The predicted molar refractivity (Wildman–Crippen MR) is 72.5 cm³/mol. The van der Waals surface area contributed by atoms with Gasteiger partial charge in [-0.15, -0.1) is 0 Å². The van der Waals surface area contributed by atoms with E-state index in [0.29, 0.717) is 6.54 Å². The second-order valence-electron chi connectivity index (χ2n) is 4.32. The van der Waals surface area contributed by atoms with E-state index in [4.69, 9.17) is 5.11 Å². The van der Waals surface area contributed by atoms with Crippen molar-refractivity contribution in [2.75, 3.05) is 11.9 Å². The van der Waals surface area contributed by atoms with Crippen molar-refractivity contribution >= 4 is 22.6 Å². The van der Waals surface area contributed by atoms with Gasteiger partial charge in [0.25, 0.3) is 5.56 Å². The van der Waals surface area contributed by atoms with Crippen molar-refractivity contribution in [3.8, 4) is 0 Å².